The smallest absolute Gasteiger partial charge is 0.301 e. The summed E-state index contributed by atoms with van der Waals surface area (Å²) >= 11 is 0. The molecule has 90 valence electrons. The predicted octanol–water partition coefficient (Wildman–Crippen LogP) is 1.10. The minimum absolute atomic E-state index is 0.132. The lowest BCUT2D eigenvalue weighted by Gasteiger charge is -1.98. The summed E-state index contributed by atoms with van der Waals surface area (Å²) in [4.78, 5) is 15.8. The number of nitrogens with one attached hydrogen (secondary N) is 2. The number of oxazole rings is 1. The molecule has 0 aliphatic heterocycles. The fourth-order valence-corrected chi connectivity index (χ4v) is 1.40. The third-order valence-corrected chi connectivity index (χ3v) is 2.29. The second-order valence-electron chi connectivity index (χ2n) is 3.57. The first-order chi connectivity index (χ1) is 8.11. The molecule has 0 saturated heterocycles. The normalized spacial score (nSPS) is 10.5. The number of amides is 1. The average Bonchev–Trinajstić information content (AvgIpc) is 2.85. The van der Waals surface area contributed by atoms with Gasteiger partial charge in [-0.3, -0.25) is 15.2 Å². The average molecular weight is 235 g/mol. The quantitative estimate of drug-likeness (QED) is 0.737. The number of carbonyl (C=O) groups excluding carboxylic acids is 1. The fraction of sp³-hybridized carbons (Fsp3) is 0.300. The number of aromatic nitrogens is 3. The van der Waals surface area contributed by atoms with E-state index in [2.05, 4.69) is 20.5 Å². The van der Waals surface area contributed by atoms with Crippen molar-refractivity contribution in [3.05, 3.63) is 23.3 Å². The van der Waals surface area contributed by atoms with Gasteiger partial charge < -0.3 is 10.2 Å². The van der Waals surface area contributed by atoms with Crippen LogP contribution >= 0.6 is 0 Å². The van der Waals surface area contributed by atoms with Gasteiger partial charge in [0.15, 0.2) is 5.69 Å². The van der Waals surface area contributed by atoms with Gasteiger partial charge in [-0.05, 0) is 13.3 Å². The summed E-state index contributed by atoms with van der Waals surface area (Å²) < 4.78 is 5.01. The number of nitrogens with zero attached hydrogens (tertiary/aromatic N) is 2. The molecule has 0 atom stereocenters. The molecule has 0 bridgehead atoms. The number of rotatable bonds is 3. The third-order valence-electron chi connectivity index (χ3n) is 2.29. The van der Waals surface area contributed by atoms with Crippen LogP contribution in [0.15, 0.2) is 10.7 Å². The van der Waals surface area contributed by atoms with Gasteiger partial charge >= 0.3 is 6.01 Å². The van der Waals surface area contributed by atoms with Crippen molar-refractivity contribution in [2.45, 2.75) is 20.3 Å². The fourth-order valence-electron chi connectivity index (χ4n) is 1.40. The van der Waals surface area contributed by atoms with Crippen LogP contribution in [0.3, 0.4) is 0 Å². The van der Waals surface area contributed by atoms with Crippen LogP contribution < -0.4 is 11.1 Å². The molecule has 2 aromatic rings. The van der Waals surface area contributed by atoms with E-state index in [0.717, 1.165) is 5.69 Å². The van der Waals surface area contributed by atoms with Crippen LogP contribution in [0.25, 0.3) is 0 Å². The molecule has 2 heterocycles. The lowest BCUT2D eigenvalue weighted by atomic mass is 10.2. The van der Waals surface area contributed by atoms with Crippen molar-refractivity contribution in [1.82, 2.24) is 15.2 Å². The minimum Gasteiger partial charge on any atom is -0.432 e. The number of hydrogen-bond acceptors (Lipinski definition) is 5. The number of carbonyl (C=O) groups is 1. The number of aryl methyl sites for hydroxylation is 2. The maximum atomic E-state index is 11.8. The number of hydrogen-bond donors (Lipinski definition) is 3. The van der Waals surface area contributed by atoms with Gasteiger partial charge in [-0.15, -0.1) is 0 Å². The molecule has 2 aromatic heterocycles. The van der Waals surface area contributed by atoms with Crippen LogP contribution in [0.5, 0.6) is 0 Å². The first-order valence-electron chi connectivity index (χ1n) is 5.18. The number of nitrogen functional groups attached to an aromatic ring is 1. The highest BCUT2D eigenvalue weighted by atomic mass is 16.4. The summed E-state index contributed by atoms with van der Waals surface area (Å²) in [6.45, 7) is 3.68. The molecule has 0 spiro atoms. The Kier molecular flexibility index (Phi) is 2.82. The molecule has 0 fully saturated rings. The molecule has 0 saturated carbocycles. The van der Waals surface area contributed by atoms with E-state index >= 15 is 0 Å². The van der Waals surface area contributed by atoms with Crippen LogP contribution in [0.4, 0.5) is 11.7 Å². The lowest BCUT2D eigenvalue weighted by molar-refractivity contribution is 0.102. The molecule has 7 nitrogen and oxygen atoms in total. The molecule has 0 aliphatic carbocycles. The molecule has 0 unspecified atom stereocenters. The van der Waals surface area contributed by atoms with Crippen molar-refractivity contribution in [1.29, 1.82) is 0 Å². The van der Waals surface area contributed by atoms with E-state index in [0.29, 0.717) is 17.8 Å². The summed E-state index contributed by atoms with van der Waals surface area (Å²) in [5.41, 5.74) is 7.69. The standard InChI is InChI=1S/C10H13N5O2/c1-3-6-7(11)8(15-14-6)9(16)13-10-12-5(2)4-17-10/h4H,3,11H2,1-2H3,(H,14,15)(H,12,13,16). The van der Waals surface area contributed by atoms with Gasteiger partial charge in [-0.1, -0.05) is 6.92 Å². The molecular weight excluding hydrogens is 222 g/mol. The highest BCUT2D eigenvalue weighted by Crippen LogP contribution is 2.16. The molecule has 0 aromatic carbocycles. The van der Waals surface area contributed by atoms with Crippen LogP contribution in [-0.4, -0.2) is 21.1 Å². The highest BCUT2D eigenvalue weighted by molar-refractivity contribution is 6.05. The van der Waals surface area contributed by atoms with Crippen molar-refractivity contribution in [3.8, 4) is 0 Å². The van der Waals surface area contributed by atoms with E-state index in [1.807, 2.05) is 6.92 Å². The van der Waals surface area contributed by atoms with E-state index in [-0.39, 0.29) is 11.7 Å². The molecule has 1 amide bonds. The van der Waals surface area contributed by atoms with Gasteiger partial charge in [-0.25, -0.2) is 0 Å². The molecule has 2 rings (SSSR count). The largest absolute Gasteiger partial charge is 0.432 e. The van der Waals surface area contributed by atoms with E-state index < -0.39 is 5.91 Å². The maximum absolute atomic E-state index is 11.8. The Bertz CT molecular complexity index is 543. The Hall–Kier alpha value is -2.31. The number of H-pyrrole nitrogens is 1. The van der Waals surface area contributed by atoms with E-state index in [1.165, 1.54) is 6.26 Å². The van der Waals surface area contributed by atoms with Gasteiger partial charge in [0.25, 0.3) is 5.91 Å². The van der Waals surface area contributed by atoms with Gasteiger partial charge in [-0.2, -0.15) is 10.1 Å². The predicted molar refractivity (Wildman–Crippen MR) is 61.6 cm³/mol. The Morgan fingerprint density at radius 2 is 2.41 bits per heavy atom. The van der Waals surface area contributed by atoms with Crippen molar-refractivity contribution in [2.24, 2.45) is 0 Å². The monoisotopic (exact) mass is 235 g/mol. The zero-order valence-corrected chi connectivity index (χ0v) is 9.57. The van der Waals surface area contributed by atoms with E-state index in [1.54, 1.807) is 6.92 Å². The minimum atomic E-state index is -0.444. The van der Waals surface area contributed by atoms with Gasteiger partial charge in [0.1, 0.15) is 6.26 Å². The molecule has 17 heavy (non-hydrogen) atoms. The Morgan fingerprint density at radius 1 is 1.65 bits per heavy atom. The van der Waals surface area contributed by atoms with Crippen molar-refractivity contribution in [3.63, 3.8) is 0 Å². The van der Waals surface area contributed by atoms with Crippen LogP contribution in [0.2, 0.25) is 0 Å². The highest BCUT2D eigenvalue weighted by Gasteiger charge is 2.17. The summed E-state index contributed by atoms with van der Waals surface area (Å²) in [6.07, 6.45) is 2.13. The van der Waals surface area contributed by atoms with Gasteiger partial charge in [0.2, 0.25) is 0 Å². The molecule has 4 N–H and O–H groups in total. The summed E-state index contributed by atoms with van der Waals surface area (Å²) in [5.74, 6) is -0.444. The second-order valence-corrected chi connectivity index (χ2v) is 3.57. The first kappa shape index (κ1) is 11.2. The van der Waals surface area contributed by atoms with Gasteiger partial charge in [0, 0.05) is 0 Å². The van der Waals surface area contributed by atoms with E-state index in [4.69, 9.17) is 10.2 Å². The van der Waals surface area contributed by atoms with Crippen molar-refractivity contribution < 1.29 is 9.21 Å². The zero-order chi connectivity index (χ0) is 12.4. The van der Waals surface area contributed by atoms with Gasteiger partial charge in [0.05, 0.1) is 17.1 Å². The number of aromatic amines is 1. The van der Waals surface area contributed by atoms with Crippen molar-refractivity contribution >= 4 is 17.6 Å². The Morgan fingerprint density at radius 3 is 2.94 bits per heavy atom. The maximum Gasteiger partial charge on any atom is 0.301 e. The summed E-state index contributed by atoms with van der Waals surface area (Å²) in [6, 6.07) is 0.132. The molecule has 0 radical (unpaired) electrons. The van der Waals surface area contributed by atoms with Crippen LogP contribution in [0.1, 0.15) is 28.8 Å². The topological polar surface area (TPSA) is 110 Å². The summed E-state index contributed by atoms with van der Waals surface area (Å²) in [5, 5.41) is 9.04. The SMILES string of the molecule is CCc1[nH]nc(C(=O)Nc2nc(C)co2)c1N. The zero-order valence-electron chi connectivity index (χ0n) is 9.57. The molecule has 7 heteroatoms. The molecular formula is C10H13N5O2. The molecule has 0 aliphatic rings. The Balaban J connectivity index is 2.17. The number of anilines is 2. The van der Waals surface area contributed by atoms with Crippen LogP contribution in [-0.2, 0) is 6.42 Å². The van der Waals surface area contributed by atoms with E-state index in [9.17, 15) is 4.79 Å². The van der Waals surface area contributed by atoms with Crippen LogP contribution in [0, 0.1) is 6.92 Å². The summed E-state index contributed by atoms with van der Waals surface area (Å²) in [7, 11) is 0. The first-order valence-corrected chi connectivity index (χ1v) is 5.18. The lowest BCUT2D eigenvalue weighted by Crippen LogP contribution is -2.14. The second kappa shape index (κ2) is 4.28. The van der Waals surface area contributed by atoms with Crippen molar-refractivity contribution in [2.75, 3.05) is 11.1 Å². The Labute approximate surface area is 97.4 Å². The number of nitrogens with two attached hydrogens (primary N) is 1. The third kappa shape index (κ3) is 2.12.